The van der Waals surface area contributed by atoms with Gasteiger partial charge >= 0.3 is 6.03 Å². The summed E-state index contributed by atoms with van der Waals surface area (Å²) < 4.78 is 25.9. The molecule has 3 N–H and O–H groups in total. The van der Waals surface area contributed by atoms with E-state index in [2.05, 4.69) is 36.1 Å². The molecule has 6 nitrogen and oxygen atoms in total. The molecule has 2 atom stereocenters. The lowest BCUT2D eigenvalue weighted by molar-refractivity contribution is 0.152. The predicted molar refractivity (Wildman–Crippen MR) is 107 cm³/mol. The minimum atomic E-state index is -3.32. The summed E-state index contributed by atoms with van der Waals surface area (Å²) in [5.41, 5.74) is 2.27. The molecule has 0 aliphatic heterocycles. The Morgan fingerprint density at radius 2 is 2.00 bits per heavy atom. The van der Waals surface area contributed by atoms with E-state index in [4.69, 9.17) is 0 Å². The van der Waals surface area contributed by atoms with E-state index < -0.39 is 10.0 Å². The van der Waals surface area contributed by atoms with Crippen molar-refractivity contribution in [2.24, 2.45) is 11.3 Å². The predicted octanol–water partition coefficient (Wildman–Crippen LogP) is 4.09. The van der Waals surface area contributed by atoms with Crippen LogP contribution in [0.2, 0.25) is 0 Å². The molecular weight excluding hydrogens is 350 g/mol. The van der Waals surface area contributed by atoms with E-state index in [1.807, 2.05) is 6.92 Å². The topological polar surface area (TPSA) is 87.3 Å². The molecule has 0 unspecified atom stereocenters. The Kier molecular flexibility index (Phi) is 6.21. The van der Waals surface area contributed by atoms with Gasteiger partial charge in [-0.2, -0.15) is 0 Å². The van der Waals surface area contributed by atoms with Gasteiger partial charge in [0.15, 0.2) is 0 Å². The number of rotatable bonds is 5. The van der Waals surface area contributed by atoms with Gasteiger partial charge < -0.3 is 10.6 Å². The number of hydrogen-bond donors (Lipinski definition) is 3. The van der Waals surface area contributed by atoms with Crippen LogP contribution in [0.3, 0.4) is 0 Å². The monoisotopic (exact) mass is 381 g/mol. The maximum atomic E-state index is 12.3. The summed E-state index contributed by atoms with van der Waals surface area (Å²) in [6, 6.07) is 5.10. The van der Waals surface area contributed by atoms with Gasteiger partial charge in [-0.05, 0) is 68.2 Å². The van der Waals surface area contributed by atoms with Crippen LogP contribution in [-0.2, 0) is 10.0 Å². The number of urea groups is 1. The van der Waals surface area contributed by atoms with E-state index >= 15 is 0 Å². The quantitative estimate of drug-likeness (QED) is 0.718. The third-order valence-electron chi connectivity index (χ3n) is 5.14. The fourth-order valence-electron chi connectivity index (χ4n) is 3.59. The first-order chi connectivity index (χ1) is 12.0. The van der Waals surface area contributed by atoms with E-state index in [9.17, 15) is 13.2 Å². The first-order valence-electron chi connectivity index (χ1n) is 9.20. The molecule has 0 bridgehead atoms. The molecule has 26 heavy (non-hydrogen) atoms. The third-order valence-corrected chi connectivity index (χ3v) is 6.43. The molecule has 1 saturated carbocycles. The van der Waals surface area contributed by atoms with Crippen molar-refractivity contribution < 1.29 is 13.2 Å². The summed E-state index contributed by atoms with van der Waals surface area (Å²) in [7, 11) is -3.32. The second-order valence-electron chi connectivity index (χ2n) is 8.12. The normalized spacial score (nSPS) is 22.5. The van der Waals surface area contributed by atoms with Crippen LogP contribution in [0, 0.1) is 18.3 Å². The van der Waals surface area contributed by atoms with Gasteiger partial charge in [-0.3, -0.25) is 4.72 Å². The lowest BCUT2D eigenvalue weighted by Gasteiger charge is -2.39. The molecule has 0 aromatic heterocycles. The van der Waals surface area contributed by atoms with Crippen molar-refractivity contribution >= 4 is 27.4 Å². The summed E-state index contributed by atoms with van der Waals surface area (Å²) in [6.45, 7) is 10.1. The lowest BCUT2D eigenvalue weighted by atomic mass is 9.70. The molecule has 1 aliphatic carbocycles. The summed E-state index contributed by atoms with van der Waals surface area (Å²) >= 11 is 0. The molecule has 2 rings (SSSR count). The van der Waals surface area contributed by atoms with Crippen molar-refractivity contribution in [1.82, 2.24) is 5.32 Å². The van der Waals surface area contributed by atoms with E-state index in [1.54, 1.807) is 25.1 Å². The molecule has 1 aromatic rings. The number of sulfonamides is 1. The van der Waals surface area contributed by atoms with Crippen LogP contribution in [0.1, 0.15) is 52.5 Å². The van der Waals surface area contributed by atoms with Crippen LogP contribution < -0.4 is 15.4 Å². The Morgan fingerprint density at radius 1 is 1.31 bits per heavy atom. The highest BCUT2D eigenvalue weighted by Crippen LogP contribution is 2.38. The number of carbonyl (C=O) groups is 1. The van der Waals surface area contributed by atoms with Crippen molar-refractivity contribution in [1.29, 1.82) is 0 Å². The van der Waals surface area contributed by atoms with Gasteiger partial charge in [0.05, 0.1) is 11.4 Å². The Morgan fingerprint density at radius 3 is 2.58 bits per heavy atom. The molecule has 7 heteroatoms. The summed E-state index contributed by atoms with van der Waals surface area (Å²) in [5.74, 6) is 0.461. The average Bonchev–Trinajstić information content (AvgIpc) is 2.52. The zero-order valence-electron chi connectivity index (χ0n) is 16.3. The second kappa shape index (κ2) is 7.86. The smallest absolute Gasteiger partial charge is 0.319 e. The minimum absolute atomic E-state index is 0.0191. The van der Waals surface area contributed by atoms with Gasteiger partial charge in [0, 0.05) is 11.7 Å². The van der Waals surface area contributed by atoms with Crippen molar-refractivity contribution in [3.8, 4) is 0 Å². The molecule has 0 saturated heterocycles. The van der Waals surface area contributed by atoms with Crippen molar-refractivity contribution in [3.05, 3.63) is 23.8 Å². The van der Waals surface area contributed by atoms with Gasteiger partial charge in [0.25, 0.3) is 0 Å². The number of amides is 2. The number of benzene rings is 1. The second-order valence-corrected chi connectivity index (χ2v) is 10.1. The molecule has 0 heterocycles. The molecule has 146 valence electrons. The Hall–Kier alpha value is -1.76. The lowest BCUT2D eigenvalue weighted by Crippen LogP contribution is -2.46. The maximum absolute atomic E-state index is 12.3. The van der Waals surface area contributed by atoms with Crippen LogP contribution >= 0.6 is 0 Å². The number of carbonyl (C=O) groups excluding carboxylic acids is 1. The number of aryl methyl sites for hydroxylation is 1. The standard InChI is InChI=1S/C19H31N3O3S/c1-6-26(24,25)22-17-8-7-15(11-13(17)2)20-18(23)21-16-9-10-19(4,5)12-14(16)3/h7-8,11,14,16,22H,6,9-10,12H2,1-5H3,(H2,20,21,23)/t14-,16-/m0/s1. The third kappa shape index (κ3) is 5.62. The number of anilines is 2. The van der Waals surface area contributed by atoms with Crippen molar-refractivity contribution in [2.45, 2.75) is 59.9 Å². The van der Waals surface area contributed by atoms with Crippen LogP contribution in [0.25, 0.3) is 0 Å². The summed E-state index contributed by atoms with van der Waals surface area (Å²) in [6.07, 6.45) is 3.19. The van der Waals surface area contributed by atoms with Gasteiger partial charge in [0.2, 0.25) is 10.0 Å². The van der Waals surface area contributed by atoms with Crippen LogP contribution in [-0.4, -0.2) is 26.2 Å². The number of nitrogens with one attached hydrogen (secondary N) is 3. The van der Waals surface area contributed by atoms with Crippen LogP contribution in [0.4, 0.5) is 16.2 Å². The zero-order valence-corrected chi connectivity index (χ0v) is 17.2. The van der Waals surface area contributed by atoms with E-state index in [0.29, 0.717) is 22.7 Å². The summed E-state index contributed by atoms with van der Waals surface area (Å²) in [4.78, 5) is 12.3. The largest absolute Gasteiger partial charge is 0.335 e. The maximum Gasteiger partial charge on any atom is 0.319 e. The van der Waals surface area contributed by atoms with Gasteiger partial charge in [-0.15, -0.1) is 0 Å². The fourth-order valence-corrected chi connectivity index (χ4v) is 4.30. The fraction of sp³-hybridized carbons (Fsp3) is 0.632. The molecule has 1 aromatic carbocycles. The highest BCUT2D eigenvalue weighted by Gasteiger charge is 2.33. The van der Waals surface area contributed by atoms with Gasteiger partial charge in [-0.1, -0.05) is 20.8 Å². The SMILES string of the molecule is CCS(=O)(=O)Nc1ccc(NC(=O)N[C@H]2CCC(C)(C)C[C@@H]2C)cc1C. The molecule has 0 radical (unpaired) electrons. The van der Waals surface area contributed by atoms with E-state index in [-0.39, 0.29) is 17.8 Å². The van der Waals surface area contributed by atoms with Gasteiger partial charge in [-0.25, -0.2) is 13.2 Å². The van der Waals surface area contributed by atoms with Crippen molar-refractivity contribution in [3.63, 3.8) is 0 Å². The van der Waals surface area contributed by atoms with Crippen molar-refractivity contribution in [2.75, 3.05) is 15.8 Å². The Bertz CT molecular complexity index is 759. The Balaban J connectivity index is 1.96. The van der Waals surface area contributed by atoms with Crippen LogP contribution in [0.15, 0.2) is 18.2 Å². The zero-order chi connectivity index (χ0) is 19.5. The molecule has 1 aliphatic rings. The highest BCUT2D eigenvalue weighted by atomic mass is 32.2. The molecule has 2 amide bonds. The number of hydrogen-bond acceptors (Lipinski definition) is 3. The van der Waals surface area contributed by atoms with E-state index in [0.717, 1.165) is 24.8 Å². The van der Waals surface area contributed by atoms with Crippen LogP contribution in [0.5, 0.6) is 0 Å². The van der Waals surface area contributed by atoms with E-state index in [1.165, 1.54) is 0 Å². The Labute approximate surface area is 157 Å². The first kappa shape index (κ1) is 20.6. The van der Waals surface area contributed by atoms with Gasteiger partial charge in [0.1, 0.15) is 0 Å². The molecule has 1 fully saturated rings. The molecule has 0 spiro atoms. The molecular formula is C19H31N3O3S. The average molecular weight is 382 g/mol. The minimum Gasteiger partial charge on any atom is -0.335 e. The summed E-state index contributed by atoms with van der Waals surface area (Å²) in [5, 5.41) is 5.92. The first-order valence-corrected chi connectivity index (χ1v) is 10.9. The highest BCUT2D eigenvalue weighted by molar-refractivity contribution is 7.92.